The second-order valence-electron chi connectivity index (χ2n) is 3.28. The largest absolute Gasteiger partial charge is 0.368 e. The van der Waals surface area contributed by atoms with E-state index in [0.29, 0.717) is 0 Å². The van der Waals surface area contributed by atoms with E-state index in [1.54, 1.807) is 6.20 Å². The minimum atomic E-state index is 0.229. The summed E-state index contributed by atoms with van der Waals surface area (Å²) in [7, 11) is 0. The lowest BCUT2D eigenvalue weighted by Gasteiger charge is -2.09. The van der Waals surface area contributed by atoms with Crippen LogP contribution in [0.2, 0.25) is 0 Å². The Labute approximate surface area is 92.3 Å². The van der Waals surface area contributed by atoms with Gasteiger partial charge in [0, 0.05) is 29.8 Å². The van der Waals surface area contributed by atoms with Crippen molar-refractivity contribution in [2.45, 2.75) is 26.4 Å². The molecule has 0 fully saturated rings. The van der Waals surface area contributed by atoms with Crippen molar-refractivity contribution < 1.29 is 0 Å². The third-order valence-corrected chi connectivity index (χ3v) is 2.79. The van der Waals surface area contributed by atoms with Gasteiger partial charge in [-0.15, -0.1) is 5.10 Å². The average molecular weight is 223 g/mol. The Kier molecular flexibility index (Phi) is 2.96. The van der Waals surface area contributed by atoms with Crippen LogP contribution in [0.3, 0.4) is 0 Å². The number of rotatable bonds is 4. The first-order valence-electron chi connectivity index (χ1n) is 4.86. The van der Waals surface area contributed by atoms with E-state index in [-0.39, 0.29) is 6.04 Å². The fraction of sp³-hybridized carbons (Fsp3) is 0.444. The van der Waals surface area contributed by atoms with Crippen LogP contribution in [0, 0.1) is 0 Å². The van der Waals surface area contributed by atoms with Gasteiger partial charge in [0.2, 0.25) is 0 Å². The monoisotopic (exact) mass is 223 g/mol. The molecule has 0 spiro atoms. The molecular weight excluding hydrogens is 210 g/mol. The number of nitrogens with zero attached hydrogens (tertiary/aromatic N) is 4. The van der Waals surface area contributed by atoms with Crippen molar-refractivity contribution in [1.82, 2.24) is 19.4 Å². The molecule has 0 aliphatic heterocycles. The number of nitrogens with one attached hydrogen (secondary N) is 1. The second kappa shape index (κ2) is 4.39. The highest BCUT2D eigenvalue weighted by atomic mass is 32.1. The molecule has 0 bridgehead atoms. The number of aromatic nitrogens is 4. The molecule has 0 amide bonds. The van der Waals surface area contributed by atoms with E-state index >= 15 is 0 Å². The van der Waals surface area contributed by atoms with Crippen LogP contribution in [0.4, 0.5) is 5.00 Å². The molecular formula is C9H13N5S. The standard InChI is InChI=1S/C9H13N5S/c1-3-14-6-8(4-11-14)7(2)12-9-5-10-13-15-9/h4-7,12H,3H2,1-2H3. The van der Waals surface area contributed by atoms with Crippen molar-refractivity contribution in [3.05, 3.63) is 24.2 Å². The van der Waals surface area contributed by atoms with Crippen LogP contribution in [0.1, 0.15) is 25.5 Å². The van der Waals surface area contributed by atoms with Crippen molar-refractivity contribution in [3.8, 4) is 0 Å². The first-order chi connectivity index (χ1) is 7.29. The zero-order valence-electron chi connectivity index (χ0n) is 8.71. The van der Waals surface area contributed by atoms with Gasteiger partial charge < -0.3 is 5.32 Å². The summed E-state index contributed by atoms with van der Waals surface area (Å²) < 4.78 is 5.71. The van der Waals surface area contributed by atoms with Gasteiger partial charge in [-0.3, -0.25) is 4.68 Å². The Bertz CT molecular complexity index is 408. The summed E-state index contributed by atoms with van der Waals surface area (Å²) in [6.07, 6.45) is 5.66. The molecule has 2 rings (SSSR count). The Morgan fingerprint density at radius 3 is 3.00 bits per heavy atom. The zero-order chi connectivity index (χ0) is 10.7. The molecule has 0 aromatic carbocycles. The summed E-state index contributed by atoms with van der Waals surface area (Å²) in [5, 5.41) is 12.3. The Hall–Kier alpha value is -1.43. The molecule has 0 radical (unpaired) electrons. The van der Waals surface area contributed by atoms with Gasteiger partial charge in [-0.05, 0) is 13.8 Å². The highest BCUT2D eigenvalue weighted by Gasteiger charge is 2.08. The molecule has 0 saturated carbocycles. The smallest absolute Gasteiger partial charge is 0.130 e. The minimum Gasteiger partial charge on any atom is -0.368 e. The number of hydrogen-bond donors (Lipinski definition) is 1. The van der Waals surface area contributed by atoms with Gasteiger partial charge in [-0.25, -0.2) is 0 Å². The second-order valence-corrected chi connectivity index (χ2v) is 4.06. The molecule has 6 heteroatoms. The summed E-state index contributed by atoms with van der Waals surface area (Å²) in [6, 6.07) is 0.229. The fourth-order valence-corrected chi connectivity index (χ4v) is 1.81. The van der Waals surface area contributed by atoms with Crippen LogP contribution in [0.15, 0.2) is 18.6 Å². The lowest BCUT2D eigenvalue weighted by atomic mass is 10.2. The van der Waals surface area contributed by atoms with Crippen LogP contribution in [0.5, 0.6) is 0 Å². The van der Waals surface area contributed by atoms with Crippen LogP contribution in [-0.4, -0.2) is 19.4 Å². The summed E-state index contributed by atoms with van der Waals surface area (Å²) in [6.45, 7) is 5.06. The van der Waals surface area contributed by atoms with Gasteiger partial charge >= 0.3 is 0 Å². The van der Waals surface area contributed by atoms with Gasteiger partial charge in [0.25, 0.3) is 0 Å². The molecule has 2 aromatic rings. The molecule has 2 heterocycles. The SMILES string of the molecule is CCn1cc(C(C)Nc2cnns2)cn1. The summed E-state index contributed by atoms with van der Waals surface area (Å²) in [5.41, 5.74) is 1.17. The molecule has 5 nitrogen and oxygen atoms in total. The molecule has 80 valence electrons. The van der Waals surface area contributed by atoms with E-state index in [1.807, 2.05) is 17.1 Å². The number of anilines is 1. The molecule has 0 aliphatic rings. The quantitative estimate of drug-likeness (QED) is 0.860. The van der Waals surface area contributed by atoms with E-state index in [1.165, 1.54) is 17.1 Å². The van der Waals surface area contributed by atoms with Gasteiger partial charge in [-0.1, -0.05) is 4.49 Å². The van der Waals surface area contributed by atoms with Crippen molar-refractivity contribution in [2.24, 2.45) is 0 Å². The number of hydrogen-bond acceptors (Lipinski definition) is 5. The Morgan fingerprint density at radius 1 is 1.53 bits per heavy atom. The van der Waals surface area contributed by atoms with Gasteiger partial charge in [-0.2, -0.15) is 5.10 Å². The maximum Gasteiger partial charge on any atom is 0.130 e. The normalized spacial score (nSPS) is 12.7. The maximum absolute atomic E-state index is 4.23. The van der Waals surface area contributed by atoms with Crippen molar-refractivity contribution in [2.75, 3.05) is 5.32 Å². The highest BCUT2D eigenvalue weighted by Crippen LogP contribution is 2.19. The average Bonchev–Trinajstić information content (AvgIpc) is 2.86. The van der Waals surface area contributed by atoms with Crippen LogP contribution < -0.4 is 5.32 Å². The van der Waals surface area contributed by atoms with Crippen molar-refractivity contribution in [3.63, 3.8) is 0 Å². The summed E-state index contributed by atoms with van der Waals surface area (Å²) in [5.74, 6) is 0. The van der Waals surface area contributed by atoms with Gasteiger partial charge in [0.05, 0.1) is 18.4 Å². The van der Waals surface area contributed by atoms with E-state index in [4.69, 9.17) is 0 Å². The van der Waals surface area contributed by atoms with E-state index in [0.717, 1.165) is 11.5 Å². The lowest BCUT2D eigenvalue weighted by molar-refractivity contribution is 0.658. The van der Waals surface area contributed by atoms with Gasteiger partial charge in [0.15, 0.2) is 0 Å². The molecule has 1 atom stereocenters. The molecule has 1 N–H and O–H groups in total. The van der Waals surface area contributed by atoms with Crippen molar-refractivity contribution in [1.29, 1.82) is 0 Å². The van der Waals surface area contributed by atoms with Crippen LogP contribution in [0.25, 0.3) is 0 Å². The summed E-state index contributed by atoms with van der Waals surface area (Å²) in [4.78, 5) is 0. The fourth-order valence-electron chi connectivity index (χ4n) is 1.30. The van der Waals surface area contributed by atoms with Crippen molar-refractivity contribution >= 4 is 16.5 Å². The zero-order valence-corrected chi connectivity index (χ0v) is 9.53. The predicted octanol–water partition coefficient (Wildman–Crippen LogP) is 1.93. The molecule has 0 saturated heterocycles. The van der Waals surface area contributed by atoms with E-state index < -0.39 is 0 Å². The van der Waals surface area contributed by atoms with Gasteiger partial charge in [0.1, 0.15) is 5.00 Å². The minimum absolute atomic E-state index is 0.229. The maximum atomic E-state index is 4.23. The third-order valence-electron chi connectivity index (χ3n) is 2.20. The highest BCUT2D eigenvalue weighted by molar-refractivity contribution is 7.09. The Morgan fingerprint density at radius 2 is 2.40 bits per heavy atom. The van der Waals surface area contributed by atoms with Crippen LogP contribution >= 0.6 is 11.5 Å². The summed E-state index contributed by atoms with van der Waals surface area (Å²) >= 11 is 1.36. The third kappa shape index (κ3) is 2.33. The topological polar surface area (TPSA) is 55.6 Å². The van der Waals surface area contributed by atoms with Crippen LogP contribution in [-0.2, 0) is 6.54 Å². The first kappa shape index (κ1) is 10.1. The number of aryl methyl sites for hydroxylation is 1. The molecule has 15 heavy (non-hydrogen) atoms. The predicted molar refractivity (Wildman–Crippen MR) is 59.8 cm³/mol. The Balaban J connectivity index is 2.04. The molecule has 2 aromatic heterocycles. The lowest BCUT2D eigenvalue weighted by Crippen LogP contribution is -2.04. The molecule has 0 aliphatic carbocycles. The molecule has 1 unspecified atom stereocenters. The van der Waals surface area contributed by atoms with E-state index in [2.05, 4.69) is 33.8 Å². The first-order valence-corrected chi connectivity index (χ1v) is 5.63. The van der Waals surface area contributed by atoms with E-state index in [9.17, 15) is 0 Å².